The lowest BCUT2D eigenvalue weighted by Gasteiger charge is -2.02. The van der Waals surface area contributed by atoms with Crippen molar-refractivity contribution < 1.29 is 4.79 Å². The smallest absolute Gasteiger partial charge is 0.198 e. The van der Waals surface area contributed by atoms with E-state index < -0.39 is 0 Å². The van der Waals surface area contributed by atoms with Gasteiger partial charge in [0.1, 0.15) is 0 Å². The first-order chi connectivity index (χ1) is 8.16. The SMILES string of the molecule is Cn1ccnc1C(=O)CCc1cccc(N)c1. The third-order valence-corrected chi connectivity index (χ3v) is 2.66. The van der Waals surface area contributed by atoms with Crippen LogP contribution in [0.2, 0.25) is 0 Å². The van der Waals surface area contributed by atoms with E-state index in [1.165, 1.54) is 0 Å². The summed E-state index contributed by atoms with van der Waals surface area (Å²) >= 11 is 0. The number of carbonyl (C=O) groups excluding carboxylic acids is 1. The number of anilines is 1. The molecule has 0 bridgehead atoms. The number of hydrogen-bond acceptors (Lipinski definition) is 3. The minimum atomic E-state index is 0.0555. The Balaban J connectivity index is 1.99. The summed E-state index contributed by atoms with van der Waals surface area (Å²) in [5.41, 5.74) is 7.49. The highest BCUT2D eigenvalue weighted by Gasteiger charge is 2.10. The normalized spacial score (nSPS) is 10.4. The van der Waals surface area contributed by atoms with Crippen molar-refractivity contribution in [3.8, 4) is 0 Å². The van der Waals surface area contributed by atoms with Gasteiger partial charge in [0.25, 0.3) is 0 Å². The number of imidazole rings is 1. The van der Waals surface area contributed by atoms with Gasteiger partial charge in [0, 0.05) is 31.5 Å². The van der Waals surface area contributed by atoms with Crippen LogP contribution in [0.5, 0.6) is 0 Å². The summed E-state index contributed by atoms with van der Waals surface area (Å²) in [4.78, 5) is 15.9. The molecule has 0 atom stereocenters. The van der Waals surface area contributed by atoms with Gasteiger partial charge in [0.15, 0.2) is 11.6 Å². The van der Waals surface area contributed by atoms with Crippen molar-refractivity contribution >= 4 is 11.5 Å². The monoisotopic (exact) mass is 229 g/mol. The molecule has 4 heteroatoms. The molecule has 0 fully saturated rings. The molecule has 2 N–H and O–H groups in total. The summed E-state index contributed by atoms with van der Waals surface area (Å²) in [6, 6.07) is 7.60. The predicted octanol–water partition coefficient (Wildman–Crippen LogP) is 1.82. The van der Waals surface area contributed by atoms with Crippen LogP contribution in [-0.4, -0.2) is 15.3 Å². The van der Waals surface area contributed by atoms with Gasteiger partial charge in [-0.2, -0.15) is 0 Å². The second-order valence-electron chi connectivity index (χ2n) is 4.03. The van der Waals surface area contributed by atoms with Gasteiger partial charge < -0.3 is 10.3 Å². The fourth-order valence-corrected chi connectivity index (χ4v) is 1.75. The third-order valence-electron chi connectivity index (χ3n) is 2.66. The minimum absolute atomic E-state index is 0.0555. The molecular weight excluding hydrogens is 214 g/mol. The van der Waals surface area contributed by atoms with E-state index in [2.05, 4.69) is 4.98 Å². The zero-order valence-electron chi connectivity index (χ0n) is 9.76. The molecule has 88 valence electrons. The van der Waals surface area contributed by atoms with Gasteiger partial charge in [-0.25, -0.2) is 4.98 Å². The van der Waals surface area contributed by atoms with Crippen LogP contribution in [0.15, 0.2) is 36.7 Å². The van der Waals surface area contributed by atoms with Crippen molar-refractivity contribution in [2.45, 2.75) is 12.8 Å². The molecule has 0 aliphatic carbocycles. The molecule has 0 aliphatic rings. The first-order valence-electron chi connectivity index (χ1n) is 5.52. The van der Waals surface area contributed by atoms with Gasteiger partial charge in [-0.1, -0.05) is 12.1 Å². The van der Waals surface area contributed by atoms with Crippen LogP contribution < -0.4 is 5.73 Å². The molecule has 2 aromatic rings. The molecule has 1 aromatic carbocycles. The maximum Gasteiger partial charge on any atom is 0.198 e. The number of carbonyl (C=O) groups is 1. The molecule has 4 nitrogen and oxygen atoms in total. The summed E-state index contributed by atoms with van der Waals surface area (Å²) in [5, 5.41) is 0. The van der Waals surface area contributed by atoms with E-state index in [4.69, 9.17) is 5.73 Å². The van der Waals surface area contributed by atoms with Crippen molar-refractivity contribution in [3.05, 3.63) is 48.0 Å². The van der Waals surface area contributed by atoms with Crippen molar-refractivity contribution in [2.24, 2.45) is 7.05 Å². The van der Waals surface area contributed by atoms with Crippen LogP contribution in [0, 0.1) is 0 Å². The number of nitrogens with zero attached hydrogens (tertiary/aromatic N) is 2. The van der Waals surface area contributed by atoms with E-state index in [9.17, 15) is 4.79 Å². The number of ketones is 1. The average molecular weight is 229 g/mol. The molecule has 1 aromatic heterocycles. The van der Waals surface area contributed by atoms with E-state index in [1.807, 2.05) is 31.3 Å². The third kappa shape index (κ3) is 2.72. The first kappa shape index (κ1) is 11.4. The van der Waals surface area contributed by atoms with Gasteiger partial charge in [-0.05, 0) is 24.1 Å². The van der Waals surface area contributed by atoms with E-state index in [0.717, 1.165) is 11.3 Å². The van der Waals surface area contributed by atoms with Crippen LogP contribution in [0.1, 0.15) is 22.6 Å². The highest BCUT2D eigenvalue weighted by molar-refractivity contribution is 5.92. The fraction of sp³-hybridized carbons (Fsp3) is 0.231. The highest BCUT2D eigenvalue weighted by Crippen LogP contribution is 2.10. The number of Topliss-reactive ketones (excluding diaryl/α,β-unsaturated/α-hetero) is 1. The Bertz CT molecular complexity index is 531. The van der Waals surface area contributed by atoms with Crippen molar-refractivity contribution in [1.82, 2.24) is 9.55 Å². The number of hydrogen-bond donors (Lipinski definition) is 1. The van der Waals surface area contributed by atoms with Crippen LogP contribution in [0.4, 0.5) is 5.69 Å². The van der Waals surface area contributed by atoms with E-state index in [1.54, 1.807) is 17.0 Å². The lowest BCUT2D eigenvalue weighted by molar-refractivity contribution is 0.0970. The number of aromatic nitrogens is 2. The number of rotatable bonds is 4. The molecule has 0 aliphatic heterocycles. The quantitative estimate of drug-likeness (QED) is 0.642. The number of benzene rings is 1. The summed E-state index contributed by atoms with van der Waals surface area (Å²) < 4.78 is 1.74. The Morgan fingerprint density at radius 3 is 2.94 bits per heavy atom. The Morgan fingerprint density at radius 2 is 2.29 bits per heavy atom. The molecule has 0 saturated carbocycles. The molecule has 0 unspecified atom stereocenters. The second kappa shape index (κ2) is 4.82. The van der Waals surface area contributed by atoms with Gasteiger partial charge in [-0.3, -0.25) is 4.79 Å². The molecular formula is C13H15N3O. The molecule has 1 heterocycles. The summed E-state index contributed by atoms with van der Waals surface area (Å²) in [6.07, 6.45) is 4.55. The second-order valence-corrected chi connectivity index (χ2v) is 4.03. The molecule has 2 rings (SSSR count). The van der Waals surface area contributed by atoms with Gasteiger partial charge >= 0.3 is 0 Å². The number of nitrogen functional groups attached to an aromatic ring is 1. The lowest BCUT2D eigenvalue weighted by atomic mass is 10.1. The van der Waals surface area contributed by atoms with Crippen LogP contribution in [0.25, 0.3) is 0 Å². The average Bonchev–Trinajstić information content (AvgIpc) is 2.72. The highest BCUT2D eigenvalue weighted by atomic mass is 16.1. The summed E-state index contributed by atoms with van der Waals surface area (Å²) in [6.45, 7) is 0. The lowest BCUT2D eigenvalue weighted by Crippen LogP contribution is -2.08. The maximum atomic E-state index is 11.9. The zero-order valence-corrected chi connectivity index (χ0v) is 9.76. The minimum Gasteiger partial charge on any atom is -0.399 e. The maximum absolute atomic E-state index is 11.9. The van der Waals surface area contributed by atoms with E-state index in [-0.39, 0.29) is 5.78 Å². The van der Waals surface area contributed by atoms with Crippen molar-refractivity contribution in [2.75, 3.05) is 5.73 Å². The van der Waals surface area contributed by atoms with E-state index in [0.29, 0.717) is 18.7 Å². The Kier molecular flexibility index (Phi) is 3.23. The standard InChI is InChI=1S/C13H15N3O/c1-16-8-7-15-13(16)12(17)6-5-10-3-2-4-11(14)9-10/h2-4,7-9H,5-6,14H2,1H3. The van der Waals surface area contributed by atoms with Gasteiger partial charge in [0.2, 0.25) is 0 Å². The molecule has 0 radical (unpaired) electrons. The molecule has 0 spiro atoms. The number of nitrogens with two attached hydrogens (primary N) is 1. The molecule has 0 amide bonds. The summed E-state index contributed by atoms with van der Waals surface area (Å²) in [5.74, 6) is 0.564. The van der Waals surface area contributed by atoms with Crippen LogP contribution >= 0.6 is 0 Å². The topological polar surface area (TPSA) is 60.9 Å². The zero-order chi connectivity index (χ0) is 12.3. The fourth-order valence-electron chi connectivity index (χ4n) is 1.75. The first-order valence-corrected chi connectivity index (χ1v) is 5.52. The van der Waals surface area contributed by atoms with Crippen molar-refractivity contribution in [1.29, 1.82) is 0 Å². The Hall–Kier alpha value is -2.10. The number of aryl methyl sites for hydroxylation is 2. The van der Waals surface area contributed by atoms with Crippen LogP contribution in [0.3, 0.4) is 0 Å². The van der Waals surface area contributed by atoms with Crippen LogP contribution in [-0.2, 0) is 13.5 Å². The Morgan fingerprint density at radius 1 is 1.47 bits per heavy atom. The van der Waals surface area contributed by atoms with Crippen molar-refractivity contribution in [3.63, 3.8) is 0 Å². The predicted molar refractivity (Wildman–Crippen MR) is 66.7 cm³/mol. The Labute approximate surface area is 100 Å². The molecule has 17 heavy (non-hydrogen) atoms. The molecule has 0 saturated heterocycles. The largest absolute Gasteiger partial charge is 0.399 e. The van der Waals surface area contributed by atoms with E-state index >= 15 is 0 Å². The van der Waals surface area contributed by atoms with Gasteiger partial charge in [-0.15, -0.1) is 0 Å². The summed E-state index contributed by atoms with van der Waals surface area (Å²) in [7, 11) is 1.82. The van der Waals surface area contributed by atoms with Gasteiger partial charge in [0.05, 0.1) is 0 Å².